The zero-order chi connectivity index (χ0) is 31.4. The average molecular weight is 553 g/mol. The molecule has 1 fully saturated rings. The van der Waals surface area contributed by atoms with E-state index in [1.54, 1.807) is 23.4 Å². The van der Waals surface area contributed by atoms with E-state index in [9.17, 15) is 14.7 Å². The second-order valence-corrected chi connectivity index (χ2v) is 10.9. The summed E-state index contributed by atoms with van der Waals surface area (Å²) in [4.78, 5) is 34.6. The van der Waals surface area contributed by atoms with Gasteiger partial charge in [0.1, 0.15) is 5.60 Å². The van der Waals surface area contributed by atoms with Crippen LogP contribution in [0, 0.1) is 5.41 Å². The standard InChI is InChI=1S/C30H39N5O5/c1-6-7-14-39-28(37)35-18-29(5,19-35)30(38,24-10-8-22(9-11-24)20(2)3)25-15-23(16-31-17-25)27-33-26(40-34-27)12-13-32-21(4)36/h8-11,15-17,20,38H,6-7,12-14,18-19H2,1-5H3,(H,32,36)/t30-/m0/s1/i4D3. The summed E-state index contributed by atoms with van der Waals surface area (Å²) < 4.78 is 32.1. The molecule has 0 aliphatic carbocycles. The molecule has 4 rings (SSSR count). The van der Waals surface area contributed by atoms with E-state index in [4.69, 9.17) is 13.4 Å². The van der Waals surface area contributed by atoms with E-state index in [0.717, 1.165) is 18.4 Å². The van der Waals surface area contributed by atoms with E-state index < -0.39 is 29.9 Å². The lowest BCUT2D eigenvalue weighted by atomic mass is 9.62. The molecule has 40 heavy (non-hydrogen) atoms. The third-order valence-electron chi connectivity index (χ3n) is 7.44. The molecule has 2 amide bonds. The number of ether oxygens (including phenoxy) is 1. The highest BCUT2D eigenvalue weighted by molar-refractivity contribution is 5.72. The summed E-state index contributed by atoms with van der Waals surface area (Å²) in [5.74, 6) is -0.311. The molecular weight excluding hydrogens is 510 g/mol. The summed E-state index contributed by atoms with van der Waals surface area (Å²) in [7, 11) is 0. The molecule has 3 aromatic rings. The van der Waals surface area contributed by atoms with Crippen molar-refractivity contribution in [2.24, 2.45) is 5.41 Å². The number of pyridine rings is 1. The number of hydrogen-bond acceptors (Lipinski definition) is 8. The number of likely N-dealkylation sites (tertiary alicyclic amines) is 1. The van der Waals surface area contributed by atoms with Crippen LogP contribution in [-0.2, 0) is 21.6 Å². The molecule has 3 heterocycles. The number of aliphatic hydroxyl groups is 1. The van der Waals surface area contributed by atoms with Gasteiger partial charge in [-0.2, -0.15) is 4.98 Å². The fraction of sp³-hybridized carbons (Fsp3) is 0.500. The van der Waals surface area contributed by atoms with Crippen molar-refractivity contribution in [1.82, 2.24) is 25.3 Å². The molecule has 10 nitrogen and oxygen atoms in total. The Hall–Kier alpha value is -3.79. The van der Waals surface area contributed by atoms with Crippen LogP contribution >= 0.6 is 0 Å². The van der Waals surface area contributed by atoms with Crippen molar-refractivity contribution in [3.63, 3.8) is 0 Å². The lowest BCUT2D eigenvalue weighted by molar-refractivity contribution is -0.126. The Morgan fingerprint density at radius 3 is 2.67 bits per heavy atom. The Labute approximate surface area is 239 Å². The molecule has 1 saturated heterocycles. The monoisotopic (exact) mass is 552 g/mol. The van der Waals surface area contributed by atoms with Crippen LogP contribution in [-0.4, -0.2) is 63.4 Å². The number of aromatic nitrogens is 3. The molecule has 0 unspecified atom stereocenters. The van der Waals surface area contributed by atoms with Crippen molar-refractivity contribution < 1.29 is 28.1 Å². The minimum Gasteiger partial charge on any atom is -0.449 e. The molecule has 0 spiro atoms. The number of nitrogens with one attached hydrogen (secondary N) is 1. The molecule has 1 aromatic carbocycles. The Morgan fingerprint density at radius 2 is 2.00 bits per heavy atom. The van der Waals surface area contributed by atoms with E-state index >= 15 is 0 Å². The smallest absolute Gasteiger partial charge is 0.409 e. The third kappa shape index (κ3) is 6.01. The number of carbonyl (C=O) groups excluding carboxylic acids is 2. The average Bonchev–Trinajstić information content (AvgIpc) is 3.43. The molecule has 0 bridgehead atoms. The van der Waals surface area contributed by atoms with Crippen LogP contribution < -0.4 is 5.32 Å². The minimum atomic E-state index is -2.73. The van der Waals surface area contributed by atoms with Gasteiger partial charge in [-0.25, -0.2) is 4.79 Å². The van der Waals surface area contributed by atoms with Crippen molar-refractivity contribution in [2.75, 3.05) is 26.2 Å². The molecular formula is C30H39N5O5. The van der Waals surface area contributed by atoms with Gasteiger partial charge in [0.05, 0.1) is 6.61 Å². The maximum Gasteiger partial charge on any atom is 0.409 e. The maximum atomic E-state index is 12.6. The normalized spacial score (nSPS) is 17.2. The number of hydrogen-bond donors (Lipinski definition) is 2. The fourth-order valence-corrected chi connectivity index (χ4v) is 5.04. The first-order valence-corrected chi connectivity index (χ1v) is 13.6. The van der Waals surface area contributed by atoms with Gasteiger partial charge in [0.2, 0.25) is 17.6 Å². The molecule has 214 valence electrons. The number of amides is 2. The minimum absolute atomic E-state index is 0.0129. The largest absolute Gasteiger partial charge is 0.449 e. The Balaban J connectivity index is 1.60. The van der Waals surface area contributed by atoms with E-state index in [2.05, 4.69) is 34.3 Å². The Morgan fingerprint density at radius 1 is 1.25 bits per heavy atom. The first-order chi connectivity index (χ1) is 20.3. The molecule has 2 N–H and O–H groups in total. The maximum absolute atomic E-state index is 12.6. The molecule has 1 aliphatic heterocycles. The third-order valence-corrected chi connectivity index (χ3v) is 7.44. The summed E-state index contributed by atoms with van der Waals surface area (Å²) in [6.07, 6.45) is 4.59. The summed E-state index contributed by atoms with van der Waals surface area (Å²) in [5, 5.41) is 19.0. The lowest BCUT2D eigenvalue weighted by Gasteiger charge is -2.56. The van der Waals surface area contributed by atoms with Gasteiger partial charge in [-0.1, -0.05) is 63.5 Å². The second kappa shape index (κ2) is 12.2. The molecule has 0 saturated carbocycles. The summed E-state index contributed by atoms with van der Waals surface area (Å²) in [6.45, 7) is 6.35. The first-order valence-electron chi connectivity index (χ1n) is 15.1. The van der Waals surface area contributed by atoms with Gasteiger partial charge in [-0.05, 0) is 29.5 Å². The van der Waals surface area contributed by atoms with Crippen LogP contribution in [0.1, 0.15) is 80.0 Å². The van der Waals surface area contributed by atoms with Crippen molar-refractivity contribution in [3.8, 4) is 11.4 Å². The van der Waals surface area contributed by atoms with E-state index in [-0.39, 0.29) is 37.8 Å². The summed E-state index contributed by atoms with van der Waals surface area (Å²) >= 11 is 0. The quantitative estimate of drug-likeness (QED) is 0.334. The molecule has 1 atom stereocenters. The molecule has 0 radical (unpaired) electrons. The van der Waals surface area contributed by atoms with E-state index in [1.807, 2.05) is 38.1 Å². The Kier molecular flexibility index (Phi) is 7.66. The second-order valence-electron chi connectivity index (χ2n) is 10.9. The van der Waals surface area contributed by atoms with E-state index in [0.29, 0.717) is 29.2 Å². The first kappa shape index (κ1) is 25.2. The van der Waals surface area contributed by atoms with Crippen LogP contribution in [0.15, 0.2) is 47.2 Å². The van der Waals surface area contributed by atoms with Crippen molar-refractivity contribution in [3.05, 3.63) is 65.3 Å². The molecule has 1 aliphatic rings. The van der Waals surface area contributed by atoms with E-state index in [1.165, 1.54) is 0 Å². The predicted octanol–water partition coefficient (Wildman–Crippen LogP) is 4.43. The van der Waals surface area contributed by atoms with Gasteiger partial charge < -0.3 is 24.6 Å². The van der Waals surface area contributed by atoms with Gasteiger partial charge >= 0.3 is 6.09 Å². The van der Waals surface area contributed by atoms with Gasteiger partial charge in [0, 0.05) is 66.0 Å². The Bertz CT molecular complexity index is 1420. The van der Waals surface area contributed by atoms with Crippen LogP contribution in [0.3, 0.4) is 0 Å². The van der Waals surface area contributed by atoms with Gasteiger partial charge in [0.15, 0.2) is 0 Å². The lowest BCUT2D eigenvalue weighted by Crippen LogP contribution is -2.66. The van der Waals surface area contributed by atoms with Crippen LogP contribution in [0.25, 0.3) is 11.4 Å². The van der Waals surface area contributed by atoms with Crippen LogP contribution in [0.2, 0.25) is 0 Å². The van der Waals surface area contributed by atoms with Gasteiger partial charge in [-0.15, -0.1) is 0 Å². The zero-order valence-corrected chi connectivity index (χ0v) is 23.4. The van der Waals surface area contributed by atoms with Crippen molar-refractivity contribution in [2.45, 2.75) is 65.3 Å². The predicted molar refractivity (Wildman–Crippen MR) is 149 cm³/mol. The van der Waals surface area contributed by atoms with Crippen molar-refractivity contribution >= 4 is 12.0 Å². The van der Waals surface area contributed by atoms with Crippen LogP contribution in [0.4, 0.5) is 4.79 Å². The number of unbranched alkanes of at least 4 members (excludes halogenated alkanes) is 1. The highest BCUT2D eigenvalue weighted by Gasteiger charge is 2.58. The van der Waals surface area contributed by atoms with Gasteiger partial charge in [-0.3, -0.25) is 9.78 Å². The topological polar surface area (TPSA) is 131 Å². The number of nitrogens with zero attached hydrogens (tertiary/aromatic N) is 4. The highest BCUT2D eigenvalue weighted by Crippen LogP contribution is 2.51. The number of rotatable bonds is 11. The fourth-order valence-electron chi connectivity index (χ4n) is 5.04. The number of benzene rings is 1. The SMILES string of the molecule is [2H]C([2H])([2H])C(=O)NCCc1nc(-c2cncc([C@@](O)(c3ccc(C(C)C)cc3)C3(C)CN(C(=O)OCCCC)C3)c2)no1. The summed E-state index contributed by atoms with van der Waals surface area (Å²) in [6, 6.07) is 9.57. The number of carbonyl (C=O) groups is 2. The van der Waals surface area contributed by atoms with Crippen LogP contribution in [0.5, 0.6) is 0 Å². The summed E-state index contributed by atoms with van der Waals surface area (Å²) in [5.41, 5.74) is 0.496. The molecule has 10 heteroatoms. The highest BCUT2D eigenvalue weighted by atomic mass is 16.6. The van der Waals surface area contributed by atoms with Gasteiger partial charge in [0.25, 0.3) is 0 Å². The zero-order valence-electron chi connectivity index (χ0n) is 26.4. The van der Waals surface area contributed by atoms with Crippen molar-refractivity contribution in [1.29, 1.82) is 0 Å². The molecule has 2 aromatic heterocycles.